The predicted octanol–water partition coefficient (Wildman–Crippen LogP) is 2.52. The number of amides is 2. The first-order chi connectivity index (χ1) is 12.0. The smallest absolute Gasteiger partial charge is 0.326 e. The number of aliphatic carboxylic acids is 1. The summed E-state index contributed by atoms with van der Waals surface area (Å²) < 4.78 is 5.01. The molecule has 1 fully saturated rings. The summed E-state index contributed by atoms with van der Waals surface area (Å²) in [5.41, 5.74) is 0.697. The highest BCUT2D eigenvalue weighted by atomic mass is 16.4. The Labute approximate surface area is 144 Å². The van der Waals surface area contributed by atoms with Crippen molar-refractivity contribution in [2.24, 2.45) is 5.92 Å². The van der Waals surface area contributed by atoms with Crippen LogP contribution in [-0.4, -0.2) is 28.9 Å². The minimum atomic E-state index is -1.04. The molecule has 2 aromatic rings. The lowest BCUT2D eigenvalue weighted by Gasteiger charge is -2.14. The fraction of sp³-hybridized carbons (Fsp3) is 0.278. The third-order valence-corrected chi connectivity index (χ3v) is 4.00. The van der Waals surface area contributed by atoms with Gasteiger partial charge in [-0.15, -0.1) is 0 Å². The van der Waals surface area contributed by atoms with Gasteiger partial charge in [-0.05, 0) is 42.7 Å². The van der Waals surface area contributed by atoms with Crippen LogP contribution in [0.2, 0.25) is 0 Å². The Morgan fingerprint density at radius 3 is 2.60 bits per heavy atom. The van der Waals surface area contributed by atoms with Crippen molar-refractivity contribution in [3.8, 4) is 0 Å². The Balaban J connectivity index is 1.66. The largest absolute Gasteiger partial charge is 0.480 e. The number of carboxylic acid groups (broad SMARTS) is 1. The van der Waals surface area contributed by atoms with Gasteiger partial charge in [-0.1, -0.05) is 18.9 Å². The highest BCUT2D eigenvalue weighted by Crippen LogP contribution is 2.33. The van der Waals surface area contributed by atoms with Gasteiger partial charge in [0.1, 0.15) is 6.04 Å². The maximum absolute atomic E-state index is 12.3. The van der Waals surface area contributed by atoms with Crippen LogP contribution in [0.15, 0.2) is 47.1 Å². The van der Waals surface area contributed by atoms with Crippen LogP contribution in [0.3, 0.4) is 0 Å². The number of benzene rings is 1. The molecule has 7 nitrogen and oxygen atoms in total. The number of rotatable bonds is 7. The van der Waals surface area contributed by atoms with Gasteiger partial charge in [0.15, 0.2) is 5.76 Å². The lowest BCUT2D eigenvalue weighted by molar-refractivity contribution is -0.139. The van der Waals surface area contributed by atoms with Crippen LogP contribution in [0.25, 0.3) is 0 Å². The molecule has 1 aliphatic rings. The van der Waals surface area contributed by atoms with E-state index in [-0.39, 0.29) is 11.3 Å². The third-order valence-electron chi connectivity index (χ3n) is 4.00. The van der Waals surface area contributed by atoms with Gasteiger partial charge in [0, 0.05) is 11.3 Å². The summed E-state index contributed by atoms with van der Waals surface area (Å²) >= 11 is 0. The second-order valence-electron chi connectivity index (χ2n) is 6.06. The zero-order valence-electron chi connectivity index (χ0n) is 13.4. The van der Waals surface area contributed by atoms with E-state index in [0.29, 0.717) is 18.0 Å². The van der Waals surface area contributed by atoms with Gasteiger partial charge in [-0.25, -0.2) is 4.79 Å². The van der Waals surface area contributed by atoms with Gasteiger partial charge < -0.3 is 20.2 Å². The van der Waals surface area contributed by atoms with E-state index in [1.807, 2.05) is 0 Å². The van der Waals surface area contributed by atoms with E-state index in [0.717, 1.165) is 12.8 Å². The number of nitrogens with one attached hydrogen (secondary N) is 2. The van der Waals surface area contributed by atoms with Crippen molar-refractivity contribution in [2.45, 2.75) is 25.3 Å². The number of hydrogen-bond donors (Lipinski definition) is 3. The van der Waals surface area contributed by atoms with Crippen molar-refractivity contribution in [3.63, 3.8) is 0 Å². The molecule has 1 aromatic heterocycles. The van der Waals surface area contributed by atoms with Crippen LogP contribution in [0.4, 0.5) is 5.69 Å². The molecule has 1 atom stereocenters. The molecule has 1 aliphatic carbocycles. The molecule has 0 saturated heterocycles. The highest BCUT2D eigenvalue weighted by Gasteiger charge is 2.30. The summed E-state index contributed by atoms with van der Waals surface area (Å²) in [7, 11) is 0. The van der Waals surface area contributed by atoms with Crippen LogP contribution in [0, 0.1) is 5.92 Å². The molecule has 1 unspecified atom stereocenters. The molecule has 1 aromatic carbocycles. The number of carbonyl (C=O) groups excluding carboxylic acids is 2. The molecule has 0 bridgehead atoms. The lowest BCUT2D eigenvalue weighted by Crippen LogP contribution is -2.41. The van der Waals surface area contributed by atoms with Gasteiger partial charge in [0.25, 0.3) is 11.8 Å². The lowest BCUT2D eigenvalue weighted by atomic mass is 10.1. The summed E-state index contributed by atoms with van der Waals surface area (Å²) in [4.78, 5) is 35.6. The average molecular weight is 342 g/mol. The van der Waals surface area contributed by atoms with E-state index in [4.69, 9.17) is 4.42 Å². The average Bonchev–Trinajstić information content (AvgIpc) is 3.23. The zero-order chi connectivity index (χ0) is 17.8. The quantitative estimate of drug-likeness (QED) is 0.716. The normalized spacial score (nSPS) is 14.6. The first-order valence-electron chi connectivity index (χ1n) is 8.01. The van der Waals surface area contributed by atoms with E-state index in [2.05, 4.69) is 10.6 Å². The second-order valence-corrected chi connectivity index (χ2v) is 6.06. The monoisotopic (exact) mass is 342 g/mol. The molecule has 0 spiro atoms. The Bertz CT molecular complexity index is 781. The Morgan fingerprint density at radius 2 is 1.96 bits per heavy atom. The van der Waals surface area contributed by atoms with Crippen molar-refractivity contribution in [3.05, 3.63) is 54.0 Å². The summed E-state index contributed by atoms with van der Waals surface area (Å²) in [6.45, 7) is 0. The summed E-state index contributed by atoms with van der Waals surface area (Å²) in [5.74, 6) is -1.42. The van der Waals surface area contributed by atoms with E-state index in [1.54, 1.807) is 24.3 Å². The van der Waals surface area contributed by atoms with Gasteiger partial charge >= 0.3 is 5.97 Å². The van der Waals surface area contributed by atoms with Gasteiger partial charge in [-0.3, -0.25) is 9.59 Å². The number of furan rings is 1. The Morgan fingerprint density at radius 1 is 1.16 bits per heavy atom. The zero-order valence-corrected chi connectivity index (χ0v) is 13.4. The van der Waals surface area contributed by atoms with Gasteiger partial charge in [0.05, 0.1) is 6.26 Å². The Kier molecular flexibility index (Phi) is 4.83. The number of carboxylic acids is 1. The maximum atomic E-state index is 12.3. The number of carbonyl (C=O) groups is 3. The second kappa shape index (κ2) is 7.21. The van der Waals surface area contributed by atoms with Crippen LogP contribution in [0.5, 0.6) is 0 Å². The molecule has 1 heterocycles. The van der Waals surface area contributed by atoms with E-state index in [9.17, 15) is 19.5 Å². The molecule has 3 N–H and O–H groups in total. The van der Waals surface area contributed by atoms with Crippen LogP contribution >= 0.6 is 0 Å². The summed E-state index contributed by atoms with van der Waals surface area (Å²) in [6, 6.07) is 8.53. The molecule has 7 heteroatoms. The van der Waals surface area contributed by atoms with Gasteiger partial charge in [0.2, 0.25) is 0 Å². The van der Waals surface area contributed by atoms with Crippen molar-refractivity contribution in [2.75, 3.05) is 5.32 Å². The Hall–Kier alpha value is -3.09. The fourth-order valence-corrected chi connectivity index (χ4v) is 2.49. The van der Waals surface area contributed by atoms with E-state index < -0.39 is 23.8 Å². The van der Waals surface area contributed by atoms with Crippen molar-refractivity contribution < 1.29 is 23.9 Å². The molecular weight excluding hydrogens is 324 g/mol. The van der Waals surface area contributed by atoms with Crippen molar-refractivity contribution >= 4 is 23.5 Å². The van der Waals surface area contributed by atoms with E-state index in [1.165, 1.54) is 18.4 Å². The topological polar surface area (TPSA) is 109 Å². The summed E-state index contributed by atoms with van der Waals surface area (Å²) in [6.07, 6.45) is 3.85. The molecule has 3 rings (SSSR count). The minimum Gasteiger partial charge on any atom is -0.480 e. The molecular formula is C18H18N2O5. The number of anilines is 1. The molecule has 130 valence electrons. The maximum Gasteiger partial charge on any atom is 0.326 e. The van der Waals surface area contributed by atoms with Crippen molar-refractivity contribution in [1.82, 2.24) is 5.32 Å². The fourth-order valence-electron chi connectivity index (χ4n) is 2.49. The molecule has 0 radical (unpaired) electrons. The highest BCUT2D eigenvalue weighted by molar-refractivity contribution is 6.03. The van der Waals surface area contributed by atoms with Crippen molar-refractivity contribution in [1.29, 1.82) is 0 Å². The first kappa shape index (κ1) is 16.8. The van der Waals surface area contributed by atoms with Crippen LogP contribution < -0.4 is 10.6 Å². The van der Waals surface area contributed by atoms with Crippen LogP contribution in [0.1, 0.15) is 40.2 Å². The third kappa shape index (κ3) is 4.47. The minimum absolute atomic E-state index is 0.158. The molecule has 0 aliphatic heterocycles. The molecule has 25 heavy (non-hydrogen) atoms. The first-order valence-corrected chi connectivity index (χ1v) is 8.01. The SMILES string of the molecule is O=C(NC(CC1CC1)C(=O)O)c1cccc(NC(=O)c2ccco2)c1. The molecule has 1 saturated carbocycles. The standard InChI is InChI=1S/C18H18N2O5/c21-16(20-14(18(23)24)9-11-6-7-11)12-3-1-4-13(10-12)19-17(22)15-5-2-8-25-15/h1-5,8,10-11,14H,6-7,9H2,(H,19,22)(H,20,21)(H,23,24). The predicted molar refractivity (Wildman–Crippen MR) is 89.3 cm³/mol. The molecule has 2 amide bonds. The number of hydrogen-bond acceptors (Lipinski definition) is 4. The van der Waals surface area contributed by atoms with Gasteiger partial charge in [-0.2, -0.15) is 0 Å². The van der Waals surface area contributed by atoms with E-state index >= 15 is 0 Å². The summed E-state index contributed by atoms with van der Waals surface area (Å²) in [5, 5.41) is 14.4. The van der Waals surface area contributed by atoms with Crippen LogP contribution in [-0.2, 0) is 4.79 Å².